The van der Waals surface area contributed by atoms with E-state index in [0.717, 1.165) is 16.7 Å². The van der Waals surface area contributed by atoms with Crippen LogP contribution in [-0.4, -0.2) is 20.9 Å². The van der Waals surface area contributed by atoms with Crippen LogP contribution in [0.25, 0.3) is 0 Å². The van der Waals surface area contributed by atoms with Gasteiger partial charge in [0.1, 0.15) is 0 Å². The standard InChI is InChI=1S/C18H18ClN5O/c1-11-6-12(2)8-15(7-11)21-18(25)16-17(20)24(23-22-16)10-13-4-3-5-14(19)9-13/h3-9H,10,20H2,1-2H3,(H,21,25). The molecule has 0 fully saturated rings. The Morgan fingerprint density at radius 1 is 1.20 bits per heavy atom. The van der Waals surface area contributed by atoms with E-state index in [2.05, 4.69) is 15.6 Å². The number of carbonyl (C=O) groups is 1. The highest BCUT2D eigenvalue weighted by Crippen LogP contribution is 2.18. The predicted octanol–water partition coefficient (Wildman–Crippen LogP) is 3.43. The fourth-order valence-corrected chi connectivity index (χ4v) is 2.86. The molecule has 0 spiro atoms. The van der Waals surface area contributed by atoms with Crippen LogP contribution in [0.3, 0.4) is 0 Å². The normalized spacial score (nSPS) is 10.7. The Hall–Kier alpha value is -2.86. The third kappa shape index (κ3) is 3.97. The van der Waals surface area contributed by atoms with Crippen molar-refractivity contribution in [3.63, 3.8) is 0 Å². The summed E-state index contributed by atoms with van der Waals surface area (Å²) in [5, 5.41) is 11.3. The zero-order chi connectivity index (χ0) is 18.0. The van der Waals surface area contributed by atoms with Crippen LogP contribution in [0.1, 0.15) is 27.2 Å². The van der Waals surface area contributed by atoms with Crippen LogP contribution < -0.4 is 11.1 Å². The molecule has 7 heteroatoms. The van der Waals surface area contributed by atoms with Crippen LogP contribution in [0.2, 0.25) is 5.02 Å². The van der Waals surface area contributed by atoms with Gasteiger partial charge in [-0.05, 0) is 54.8 Å². The van der Waals surface area contributed by atoms with Crippen LogP contribution in [0.5, 0.6) is 0 Å². The van der Waals surface area contributed by atoms with E-state index in [1.807, 2.05) is 50.2 Å². The largest absolute Gasteiger partial charge is 0.382 e. The van der Waals surface area contributed by atoms with Crippen molar-refractivity contribution in [2.75, 3.05) is 11.1 Å². The molecule has 1 heterocycles. The number of aromatic nitrogens is 3. The monoisotopic (exact) mass is 355 g/mol. The summed E-state index contributed by atoms with van der Waals surface area (Å²) < 4.78 is 1.47. The number of nitrogens with zero attached hydrogens (tertiary/aromatic N) is 3. The molecule has 3 aromatic rings. The predicted molar refractivity (Wildman–Crippen MR) is 98.9 cm³/mol. The van der Waals surface area contributed by atoms with E-state index >= 15 is 0 Å². The number of nitrogens with two attached hydrogens (primary N) is 1. The Balaban J connectivity index is 1.79. The quantitative estimate of drug-likeness (QED) is 0.750. The molecular weight excluding hydrogens is 338 g/mol. The Morgan fingerprint density at radius 3 is 2.60 bits per heavy atom. The third-order valence-corrected chi connectivity index (χ3v) is 3.92. The number of hydrogen-bond donors (Lipinski definition) is 2. The van der Waals surface area contributed by atoms with Gasteiger partial charge in [0.05, 0.1) is 6.54 Å². The molecule has 0 aliphatic carbocycles. The molecule has 1 aromatic heterocycles. The molecular formula is C18H18ClN5O. The van der Waals surface area contributed by atoms with Crippen molar-refractivity contribution in [3.8, 4) is 0 Å². The van der Waals surface area contributed by atoms with Crippen LogP contribution in [0.15, 0.2) is 42.5 Å². The van der Waals surface area contributed by atoms with E-state index in [1.54, 1.807) is 6.07 Å². The van der Waals surface area contributed by atoms with E-state index in [0.29, 0.717) is 17.3 Å². The molecule has 0 atom stereocenters. The first-order chi connectivity index (χ1) is 11.9. The fourth-order valence-electron chi connectivity index (χ4n) is 2.64. The summed E-state index contributed by atoms with van der Waals surface area (Å²) in [4.78, 5) is 12.4. The van der Waals surface area contributed by atoms with Gasteiger partial charge >= 0.3 is 0 Å². The van der Waals surface area contributed by atoms with E-state index in [9.17, 15) is 4.79 Å². The minimum Gasteiger partial charge on any atom is -0.382 e. The Labute approximate surface area is 150 Å². The maximum atomic E-state index is 12.4. The molecule has 0 bridgehead atoms. The zero-order valence-corrected chi connectivity index (χ0v) is 14.7. The van der Waals surface area contributed by atoms with E-state index in [-0.39, 0.29) is 17.4 Å². The lowest BCUT2D eigenvalue weighted by molar-refractivity contribution is 0.102. The highest BCUT2D eigenvalue weighted by atomic mass is 35.5. The lowest BCUT2D eigenvalue weighted by Gasteiger charge is -2.07. The summed E-state index contributed by atoms with van der Waals surface area (Å²) in [5.41, 5.74) is 9.89. The molecule has 2 aromatic carbocycles. The average molecular weight is 356 g/mol. The number of aryl methyl sites for hydroxylation is 2. The van der Waals surface area contributed by atoms with Crippen molar-refractivity contribution in [2.24, 2.45) is 0 Å². The topological polar surface area (TPSA) is 85.8 Å². The first-order valence-electron chi connectivity index (χ1n) is 7.75. The van der Waals surface area contributed by atoms with Gasteiger partial charge in [0.2, 0.25) is 0 Å². The number of benzene rings is 2. The summed E-state index contributed by atoms with van der Waals surface area (Å²) in [6.45, 7) is 4.33. The second-order valence-electron chi connectivity index (χ2n) is 5.94. The van der Waals surface area contributed by atoms with Crippen LogP contribution in [0.4, 0.5) is 11.5 Å². The number of carbonyl (C=O) groups excluding carboxylic acids is 1. The minimum atomic E-state index is -0.389. The van der Waals surface area contributed by atoms with Gasteiger partial charge in [0.25, 0.3) is 5.91 Å². The van der Waals surface area contributed by atoms with Gasteiger partial charge in [-0.1, -0.05) is 35.0 Å². The molecule has 128 valence electrons. The summed E-state index contributed by atoms with van der Waals surface area (Å²) in [6, 6.07) is 13.2. The lowest BCUT2D eigenvalue weighted by atomic mass is 10.1. The summed E-state index contributed by atoms with van der Waals surface area (Å²) in [6.07, 6.45) is 0. The SMILES string of the molecule is Cc1cc(C)cc(NC(=O)c2nnn(Cc3cccc(Cl)c3)c2N)c1. The molecule has 0 saturated carbocycles. The number of rotatable bonds is 4. The summed E-state index contributed by atoms with van der Waals surface area (Å²) in [7, 11) is 0. The van der Waals surface area contributed by atoms with Gasteiger partial charge < -0.3 is 11.1 Å². The van der Waals surface area contributed by atoms with Gasteiger partial charge in [-0.2, -0.15) is 0 Å². The van der Waals surface area contributed by atoms with Gasteiger partial charge in [-0.3, -0.25) is 4.79 Å². The van der Waals surface area contributed by atoms with Crippen molar-refractivity contribution in [1.82, 2.24) is 15.0 Å². The highest BCUT2D eigenvalue weighted by Gasteiger charge is 2.18. The first kappa shape index (κ1) is 17.0. The summed E-state index contributed by atoms with van der Waals surface area (Å²) >= 11 is 5.98. The van der Waals surface area contributed by atoms with Gasteiger partial charge in [0, 0.05) is 10.7 Å². The van der Waals surface area contributed by atoms with Crippen LogP contribution >= 0.6 is 11.6 Å². The first-order valence-corrected chi connectivity index (χ1v) is 8.13. The van der Waals surface area contributed by atoms with Crippen molar-refractivity contribution in [2.45, 2.75) is 20.4 Å². The van der Waals surface area contributed by atoms with Gasteiger partial charge in [-0.15, -0.1) is 5.10 Å². The van der Waals surface area contributed by atoms with Crippen molar-refractivity contribution >= 4 is 29.0 Å². The molecule has 0 aliphatic heterocycles. The second-order valence-corrected chi connectivity index (χ2v) is 6.38. The number of anilines is 2. The van der Waals surface area contributed by atoms with Crippen LogP contribution in [-0.2, 0) is 6.54 Å². The Morgan fingerprint density at radius 2 is 1.92 bits per heavy atom. The molecule has 3 rings (SSSR count). The van der Waals surface area contributed by atoms with E-state index in [1.165, 1.54) is 4.68 Å². The van der Waals surface area contributed by atoms with Crippen molar-refractivity contribution < 1.29 is 4.79 Å². The molecule has 1 amide bonds. The smallest absolute Gasteiger partial charge is 0.280 e. The maximum absolute atomic E-state index is 12.4. The zero-order valence-electron chi connectivity index (χ0n) is 14.0. The molecule has 3 N–H and O–H groups in total. The number of amides is 1. The highest BCUT2D eigenvalue weighted by molar-refractivity contribution is 6.30. The Bertz CT molecular complexity index is 915. The molecule has 0 aliphatic rings. The fraction of sp³-hybridized carbons (Fsp3) is 0.167. The molecule has 0 radical (unpaired) electrons. The van der Waals surface area contributed by atoms with E-state index < -0.39 is 0 Å². The number of hydrogen-bond acceptors (Lipinski definition) is 4. The van der Waals surface area contributed by atoms with Gasteiger partial charge in [-0.25, -0.2) is 4.68 Å². The summed E-state index contributed by atoms with van der Waals surface area (Å²) in [5.74, 6) is -0.179. The van der Waals surface area contributed by atoms with E-state index in [4.69, 9.17) is 17.3 Å². The van der Waals surface area contributed by atoms with Crippen LogP contribution in [0, 0.1) is 13.8 Å². The van der Waals surface area contributed by atoms with Gasteiger partial charge in [0.15, 0.2) is 11.5 Å². The molecule has 0 saturated heterocycles. The van der Waals surface area contributed by atoms with Crippen molar-refractivity contribution in [3.05, 3.63) is 69.9 Å². The minimum absolute atomic E-state index is 0.0983. The second kappa shape index (κ2) is 6.94. The number of nitrogens with one attached hydrogen (secondary N) is 1. The molecule has 0 unspecified atom stereocenters. The average Bonchev–Trinajstić information content (AvgIpc) is 2.87. The molecule has 6 nitrogen and oxygen atoms in total. The number of nitrogen functional groups attached to an aromatic ring is 1. The maximum Gasteiger partial charge on any atom is 0.280 e. The van der Waals surface area contributed by atoms with Crippen molar-refractivity contribution in [1.29, 1.82) is 0 Å². The molecule has 25 heavy (non-hydrogen) atoms. The Kier molecular flexibility index (Phi) is 4.72. The third-order valence-electron chi connectivity index (χ3n) is 3.69. The lowest BCUT2D eigenvalue weighted by Crippen LogP contribution is -2.15. The number of halogens is 1.